The number of halogens is 4. The first-order valence-electron chi connectivity index (χ1n) is 9.32. The van der Waals surface area contributed by atoms with Gasteiger partial charge in [0.25, 0.3) is 0 Å². The zero-order valence-corrected chi connectivity index (χ0v) is 16.0. The second kappa shape index (κ2) is 7.98. The van der Waals surface area contributed by atoms with Crippen LogP contribution in [0.15, 0.2) is 54.9 Å². The van der Waals surface area contributed by atoms with Crippen LogP contribution in [-0.2, 0) is 10.9 Å². The molecule has 3 aromatic rings. The highest BCUT2D eigenvalue weighted by molar-refractivity contribution is 5.57. The Morgan fingerprint density at radius 2 is 1.70 bits per heavy atom. The fraction of sp³-hybridized carbons (Fsp3) is 0.286. The molecule has 0 spiro atoms. The van der Waals surface area contributed by atoms with Crippen LogP contribution in [0.5, 0.6) is 0 Å². The molecule has 1 aliphatic rings. The first-order chi connectivity index (χ1) is 14.3. The van der Waals surface area contributed by atoms with Crippen molar-refractivity contribution >= 4 is 5.82 Å². The number of anilines is 1. The van der Waals surface area contributed by atoms with Crippen molar-refractivity contribution in [2.75, 3.05) is 18.0 Å². The quantitative estimate of drug-likeness (QED) is 0.579. The third-order valence-electron chi connectivity index (χ3n) is 4.77. The zero-order chi connectivity index (χ0) is 21.3. The second-order valence-corrected chi connectivity index (χ2v) is 7.06. The van der Waals surface area contributed by atoms with Gasteiger partial charge in [0, 0.05) is 37.1 Å². The Balaban J connectivity index is 1.71. The van der Waals surface area contributed by atoms with Crippen molar-refractivity contribution in [3.63, 3.8) is 0 Å². The monoisotopic (exact) mass is 418 g/mol. The van der Waals surface area contributed by atoms with Gasteiger partial charge in [-0.05, 0) is 36.8 Å². The number of pyridine rings is 1. The maximum absolute atomic E-state index is 13.5. The molecule has 0 N–H and O–H groups in total. The first kappa shape index (κ1) is 20.2. The summed E-state index contributed by atoms with van der Waals surface area (Å²) in [6.45, 7) is 2.47. The molecule has 0 bridgehead atoms. The molecule has 4 rings (SSSR count). The highest BCUT2D eigenvalue weighted by atomic mass is 19.4. The van der Waals surface area contributed by atoms with Gasteiger partial charge in [-0.3, -0.25) is 4.98 Å². The molecule has 5 nitrogen and oxygen atoms in total. The SMILES string of the molecule is CC1CN(c2cc(C(F)(F)F)nc(-c3ccncc3)n2)CC(c2ccc(F)cc2)O1. The molecule has 0 radical (unpaired) electrons. The molecule has 1 aliphatic heterocycles. The van der Waals surface area contributed by atoms with Crippen LogP contribution in [0.1, 0.15) is 24.3 Å². The highest BCUT2D eigenvalue weighted by Gasteiger charge is 2.35. The standard InChI is InChI=1S/C21H18F4N4O/c1-13-11-29(12-17(30-13)14-2-4-16(22)5-3-14)19-10-18(21(23,24)25)27-20(28-19)15-6-8-26-9-7-15/h2-10,13,17H,11-12H2,1H3. The second-order valence-electron chi connectivity index (χ2n) is 7.06. The number of hydrogen-bond donors (Lipinski definition) is 0. The summed E-state index contributed by atoms with van der Waals surface area (Å²) in [7, 11) is 0. The minimum Gasteiger partial charge on any atom is -0.367 e. The molecule has 156 valence electrons. The Morgan fingerprint density at radius 1 is 1.00 bits per heavy atom. The first-order valence-corrected chi connectivity index (χ1v) is 9.32. The Morgan fingerprint density at radius 3 is 2.37 bits per heavy atom. The lowest BCUT2D eigenvalue weighted by Crippen LogP contribution is -2.43. The van der Waals surface area contributed by atoms with Gasteiger partial charge < -0.3 is 9.64 Å². The number of hydrogen-bond acceptors (Lipinski definition) is 5. The Kier molecular flexibility index (Phi) is 5.38. The van der Waals surface area contributed by atoms with Gasteiger partial charge in [-0.25, -0.2) is 14.4 Å². The van der Waals surface area contributed by atoms with Crippen LogP contribution in [0.4, 0.5) is 23.4 Å². The molecule has 0 saturated carbocycles. The van der Waals surface area contributed by atoms with E-state index in [1.54, 1.807) is 29.2 Å². The van der Waals surface area contributed by atoms with Crippen molar-refractivity contribution in [3.8, 4) is 11.4 Å². The van der Waals surface area contributed by atoms with E-state index in [0.717, 1.165) is 11.6 Å². The minimum absolute atomic E-state index is 0.0281. The summed E-state index contributed by atoms with van der Waals surface area (Å²) in [5.41, 5.74) is 0.165. The van der Waals surface area contributed by atoms with E-state index in [1.165, 1.54) is 24.5 Å². The van der Waals surface area contributed by atoms with E-state index in [2.05, 4.69) is 15.0 Å². The normalized spacial score (nSPS) is 19.7. The van der Waals surface area contributed by atoms with Crippen molar-refractivity contribution in [2.45, 2.75) is 25.3 Å². The third-order valence-corrected chi connectivity index (χ3v) is 4.77. The lowest BCUT2D eigenvalue weighted by Gasteiger charge is -2.38. The van der Waals surface area contributed by atoms with Crippen molar-refractivity contribution < 1.29 is 22.3 Å². The zero-order valence-electron chi connectivity index (χ0n) is 16.0. The van der Waals surface area contributed by atoms with E-state index in [1.807, 2.05) is 6.92 Å². The molecule has 3 heterocycles. The highest BCUT2D eigenvalue weighted by Crippen LogP contribution is 2.34. The van der Waals surface area contributed by atoms with Crippen molar-refractivity contribution in [2.24, 2.45) is 0 Å². The summed E-state index contributed by atoms with van der Waals surface area (Å²) < 4.78 is 59.7. The van der Waals surface area contributed by atoms with Crippen LogP contribution in [0.2, 0.25) is 0 Å². The van der Waals surface area contributed by atoms with Crippen LogP contribution in [0, 0.1) is 5.82 Å². The van der Waals surface area contributed by atoms with Crippen LogP contribution in [0.3, 0.4) is 0 Å². The molecule has 1 aromatic carbocycles. The smallest absolute Gasteiger partial charge is 0.367 e. The minimum atomic E-state index is -4.62. The fourth-order valence-corrected chi connectivity index (χ4v) is 3.37. The molecular formula is C21H18F4N4O. The van der Waals surface area contributed by atoms with Gasteiger partial charge in [-0.15, -0.1) is 0 Å². The Hall–Kier alpha value is -3.07. The number of benzene rings is 1. The van der Waals surface area contributed by atoms with E-state index >= 15 is 0 Å². The van der Waals surface area contributed by atoms with Crippen molar-refractivity contribution in [3.05, 3.63) is 71.9 Å². The van der Waals surface area contributed by atoms with E-state index in [4.69, 9.17) is 4.74 Å². The largest absolute Gasteiger partial charge is 0.433 e. The molecule has 9 heteroatoms. The van der Waals surface area contributed by atoms with Gasteiger partial charge in [0.1, 0.15) is 17.7 Å². The van der Waals surface area contributed by atoms with Gasteiger partial charge in [0.05, 0.1) is 6.10 Å². The number of ether oxygens (including phenoxy) is 1. The van der Waals surface area contributed by atoms with Crippen LogP contribution < -0.4 is 4.90 Å². The summed E-state index contributed by atoms with van der Waals surface area (Å²) >= 11 is 0. The summed E-state index contributed by atoms with van der Waals surface area (Å²) in [5, 5.41) is 0. The van der Waals surface area contributed by atoms with Crippen LogP contribution in [-0.4, -0.2) is 34.1 Å². The van der Waals surface area contributed by atoms with Gasteiger partial charge >= 0.3 is 6.18 Å². The van der Waals surface area contributed by atoms with Crippen LogP contribution in [0.25, 0.3) is 11.4 Å². The summed E-state index contributed by atoms with van der Waals surface area (Å²) in [6, 6.07) is 9.95. The third kappa shape index (κ3) is 4.40. The van der Waals surface area contributed by atoms with Gasteiger partial charge in [-0.2, -0.15) is 13.2 Å². The van der Waals surface area contributed by atoms with Crippen molar-refractivity contribution in [1.29, 1.82) is 0 Å². The van der Waals surface area contributed by atoms with E-state index in [0.29, 0.717) is 12.1 Å². The average Bonchev–Trinajstić information content (AvgIpc) is 2.73. The average molecular weight is 418 g/mol. The Labute approximate surface area is 170 Å². The maximum Gasteiger partial charge on any atom is 0.433 e. The van der Waals surface area contributed by atoms with Gasteiger partial charge in [-0.1, -0.05) is 12.1 Å². The van der Waals surface area contributed by atoms with Crippen molar-refractivity contribution in [1.82, 2.24) is 15.0 Å². The molecule has 1 saturated heterocycles. The predicted molar refractivity (Wildman–Crippen MR) is 102 cm³/mol. The fourth-order valence-electron chi connectivity index (χ4n) is 3.37. The van der Waals surface area contributed by atoms with Gasteiger partial charge in [0.2, 0.25) is 0 Å². The predicted octanol–water partition coefficient (Wildman–Crippen LogP) is 4.66. The lowest BCUT2D eigenvalue weighted by molar-refractivity contribution is -0.141. The molecule has 2 atom stereocenters. The molecule has 0 amide bonds. The molecule has 2 aromatic heterocycles. The molecular weight excluding hydrogens is 400 g/mol. The number of nitrogens with zero attached hydrogens (tertiary/aromatic N) is 4. The number of alkyl halides is 3. The van der Waals surface area contributed by atoms with Gasteiger partial charge in [0.15, 0.2) is 11.5 Å². The van der Waals surface area contributed by atoms with Crippen LogP contribution >= 0.6 is 0 Å². The molecule has 2 unspecified atom stereocenters. The maximum atomic E-state index is 13.5. The molecule has 1 fully saturated rings. The van der Waals surface area contributed by atoms with E-state index < -0.39 is 18.0 Å². The molecule has 30 heavy (non-hydrogen) atoms. The number of rotatable bonds is 3. The van der Waals surface area contributed by atoms with E-state index in [-0.39, 0.29) is 30.1 Å². The summed E-state index contributed by atoms with van der Waals surface area (Å²) in [5.74, 6) is -0.238. The van der Waals surface area contributed by atoms with E-state index in [9.17, 15) is 17.6 Å². The lowest BCUT2D eigenvalue weighted by atomic mass is 10.1. The number of aromatic nitrogens is 3. The summed E-state index contributed by atoms with van der Waals surface area (Å²) in [4.78, 5) is 13.7. The number of morpholine rings is 1. The Bertz CT molecular complexity index is 1010. The summed E-state index contributed by atoms with van der Waals surface area (Å²) in [6.07, 6.45) is -2.36. The molecule has 0 aliphatic carbocycles. The topological polar surface area (TPSA) is 51.1 Å².